The minimum Gasteiger partial charge on any atom is -0.481 e. The van der Waals surface area contributed by atoms with Crippen LogP contribution in [0, 0.1) is 11.8 Å². The summed E-state index contributed by atoms with van der Waals surface area (Å²) >= 11 is 0. The topological polar surface area (TPSA) is 66.4 Å². The van der Waals surface area contributed by atoms with E-state index in [1.165, 1.54) is 0 Å². The number of aliphatic carboxylic acids is 1. The standard InChI is InChI=1S/C17H20F3NO3/c18-17(19,20)14(9-11-5-2-1-3-6-11)21-15(22)12-7-4-8-13(10-12)16(23)24/h1-3,5-6,12-14H,4,7-10H2,(H,21,22)(H,23,24)/t12-,13+,14?/m1/s1. The highest BCUT2D eigenvalue weighted by atomic mass is 19.4. The highest BCUT2D eigenvalue weighted by Gasteiger charge is 2.42. The molecule has 0 radical (unpaired) electrons. The second-order valence-electron chi connectivity index (χ2n) is 6.19. The molecule has 2 N–H and O–H groups in total. The second-order valence-corrected chi connectivity index (χ2v) is 6.19. The predicted molar refractivity (Wildman–Crippen MR) is 81.2 cm³/mol. The van der Waals surface area contributed by atoms with E-state index in [2.05, 4.69) is 5.32 Å². The highest BCUT2D eigenvalue weighted by Crippen LogP contribution is 2.30. The molecule has 4 nitrogen and oxygen atoms in total. The molecule has 24 heavy (non-hydrogen) atoms. The van der Waals surface area contributed by atoms with Crippen LogP contribution in [0.4, 0.5) is 13.2 Å². The first-order chi connectivity index (χ1) is 11.3. The SMILES string of the molecule is O=C(O)[C@H]1CCC[C@@H](C(=O)NC(Cc2ccccc2)C(F)(F)F)C1. The number of benzene rings is 1. The molecule has 0 saturated heterocycles. The van der Waals surface area contributed by atoms with Crippen LogP contribution in [-0.4, -0.2) is 29.2 Å². The third-order valence-electron chi connectivity index (χ3n) is 4.39. The number of nitrogens with one attached hydrogen (secondary N) is 1. The molecular formula is C17H20F3NO3. The molecule has 0 aromatic heterocycles. The van der Waals surface area contributed by atoms with E-state index in [1.807, 2.05) is 0 Å². The molecule has 3 atom stereocenters. The summed E-state index contributed by atoms with van der Waals surface area (Å²) in [4.78, 5) is 23.2. The number of hydrogen-bond acceptors (Lipinski definition) is 2. The van der Waals surface area contributed by atoms with Crippen molar-refractivity contribution in [3.05, 3.63) is 35.9 Å². The van der Waals surface area contributed by atoms with Gasteiger partial charge >= 0.3 is 12.1 Å². The summed E-state index contributed by atoms with van der Waals surface area (Å²) in [5.41, 5.74) is 0.479. The second kappa shape index (κ2) is 7.68. The quantitative estimate of drug-likeness (QED) is 0.863. The number of carboxylic acids is 1. The van der Waals surface area contributed by atoms with Crippen molar-refractivity contribution in [1.29, 1.82) is 0 Å². The normalized spacial score (nSPS) is 22.6. The van der Waals surface area contributed by atoms with Gasteiger partial charge < -0.3 is 10.4 Å². The summed E-state index contributed by atoms with van der Waals surface area (Å²) in [7, 11) is 0. The molecular weight excluding hydrogens is 323 g/mol. The van der Waals surface area contributed by atoms with Crippen molar-refractivity contribution < 1.29 is 27.9 Å². The van der Waals surface area contributed by atoms with Gasteiger partial charge in [0, 0.05) is 12.3 Å². The van der Waals surface area contributed by atoms with Crippen molar-refractivity contribution in [3.8, 4) is 0 Å². The molecule has 1 aromatic carbocycles. The number of alkyl halides is 3. The number of carboxylic acid groups (broad SMARTS) is 1. The lowest BCUT2D eigenvalue weighted by Crippen LogP contribution is -2.49. The van der Waals surface area contributed by atoms with Gasteiger partial charge in [0.2, 0.25) is 5.91 Å². The van der Waals surface area contributed by atoms with Crippen molar-refractivity contribution in [2.24, 2.45) is 11.8 Å². The molecule has 132 valence electrons. The molecule has 0 aliphatic heterocycles. The van der Waals surface area contributed by atoms with E-state index >= 15 is 0 Å². The average Bonchev–Trinajstić information content (AvgIpc) is 2.54. The van der Waals surface area contributed by atoms with Gasteiger partial charge in [-0.15, -0.1) is 0 Å². The van der Waals surface area contributed by atoms with Crippen LogP contribution in [0.3, 0.4) is 0 Å². The fraction of sp³-hybridized carbons (Fsp3) is 0.529. The summed E-state index contributed by atoms with van der Waals surface area (Å²) in [6.07, 6.45) is -3.39. The Morgan fingerprint density at radius 1 is 1.17 bits per heavy atom. The first-order valence-electron chi connectivity index (χ1n) is 7.91. The summed E-state index contributed by atoms with van der Waals surface area (Å²) in [5, 5.41) is 11.1. The van der Waals surface area contributed by atoms with E-state index in [4.69, 9.17) is 5.11 Å². The Kier molecular flexibility index (Phi) is 5.85. The number of amides is 1. The molecule has 1 aromatic rings. The van der Waals surface area contributed by atoms with Gasteiger partial charge in [0.25, 0.3) is 0 Å². The van der Waals surface area contributed by atoms with Gasteiger partial charge in [-0.2, -0.15) is 13.2 Å². The van der Waals surface area contributed by atoms with Gasteiger partial charge in [0.1, 0.15) is 6.04 Å². The van der Waals surface area contributed by atoms with E-state index in [0.29, 0.717) is 24.8 Å². The number of carbonyl (C=O) groups excluding carboxylic acids is 1. The van der Waals surface area contributed by atoms with Crippen molar-refractivity contribution in [2.45, 2.75) is 44.3 Å². The first kappa shape index (κ1) is 18.3. The Morgan fingerprint density at radius 2 is 1.79 bits per heavy atom. The Labute approximate surface area is 138 Å². The summed E-state index contributed by atoms with van der Waals surface area (Å²) in [6, 6.07) is 6.17. The van der Waals surface area contributed by atoms with Gasteiger partial charge in [-0.3, -0.25) is 9.59 Å². The molecule has 1 fully saturated rings. The maximum absolute atomic E-state index is 13.2. The smallest absolute Gasteiger partial charge is 0.408 e. The monoisotopic (exact) mass is 343 g/mol. The maximum atomic E-state index is 13.2. The zero-order valence-electron chi connectivity index (χ0n) is 13.1. The van der Waals surface area contributed by atoms with Crippen LogP contribution in [-0.2, 0) is 16.0 Å². The first-order valence-corrected chi connectivity index (χ1v) is 7.91. The van der Waals surface area contributed by atoms with Gasteiger partial charge in [-0.05, 0) is 24.8 Å². The third-order valence-corrected chi connectivity index (χ3v) is 4.39. The van der Waals surface area contributed by atoms with E-state index in [0.717, 1.165) is 0 Å². The minimum absolute atomic E-state index is 0.0943. The number of carbonyl (C=O) groups is 2. The average molecular weight is 343 g/mol. The zero-order chi connectivity index (χ0) is 17.7. The molecule has 1 aliphatic rings. The number of hydrogen-bond donors (Lipinski definition) is 2. The Balaban J connectivity index is 2.03. The zero-order valence-corrected chi connectivity index (χ0v) is 13.1. The lowest BCUT2D eigenvalue weighted by Gasteiger charge is -2.28. The maximum Gasteiger partial charge on any atom is 0.408 e. The minimum atomic E-state index is -4.56. The molecule has 7 heteroatoms. The molecule has 0 spiro atoms. The van der Waals surface area contributed by atoms with E-state index < -0.39 is 35.9 Å². The fourth-order valence-corrected chi connectivity index (χ4v) is 3.04. The van der Waals surface area contributed by atoms with E-state index in [1.54, 1.807) is 30.3 Å². The number of halogens is 3. The van der Waals surface area contributed by atoms with Crippen LogP contribution in [0.15, 0.2) is 30.3 Å². The molecule has 0 heterocycles. The van der Waals surface area contributed by atoms with Crippen LogP contribution in [0.5, 0.6) is 0 Å². The Bertz CT molecular complexity index is 574. The summed E-state index contributed by atoms with van der Waals surface area (Å²) in [5.74, 6) is -3.04. The fourth-order valence-electron chi connectivity index (χ4n) is 3.04. The van der Waals surface area contributed by atoms with Crippen molar-refractivity contribution in [1.82, 2.24) is 5.32 Å². The molecule has 0 bridgehead atoms. The largest absolute Gasteiger partial charge is 0.481 e. The predicted octanol–water partition coefficient (Wildman–Crippen LogP) is 3.17. The molecule has 2 rings (SSSR count). The van der Waals surface area contributed by atoms with Gasteiger partial charge in [0.05, 0.1) is 5.92 Å². The van der Waals surface area contributed by atoms with Gasteiger partial charge in [-0.1, -0.05) is 36.8 Å². The molecule has 1 saturated carbocycles. The van der Waals surface area contributed by atoms with Crippen molar-refractivity contribution >= 4 is 11.9 Å². The van der Waals surface area contributed by atoms with Crippen LogP contribution < -0.4 is 5.32 Å². The van der Waals surface area contributed by atoms with E-state index in [-0.39, 0.29) is 12.8 Å². The lowest BCUT2D eigenvalue weighted by atomic mass is 9.81. The third kappa shape index (κ3) is 4.97. The lowest BCUT2D eigenvalue weighted by molar-refractivity contribution is -0.163. The molecule has 1 aliphatic carbocycles. The highest BCUT2D eigenvalue weighted by molar-refractivity contribution is 5.80. The van der Waals surface area contributed by atoms with E-state index in [9.17, 15) is 22.8 Å². The van der Waals surface area contributed by atoms with Crippen molar-refractivity contribution in [3.63, 3.8) is 0 Å². The van der Waals surface area contributed by atoms with Gasteiger partial charge in [-0.25, -0.2) is 0 Å². The summed E-state index contributed by atoms with van der Waals surface area (Å²) in [6.45, 7) is 0. The van der Waals surface area contributed by atoms with Crippen LogP contribution in [0.1, 0.15) is 31.2 Å². The van der Waals surface area contributed by atoms with Crippen LogP contribution >= 0.6 is 0 Å². The Morgan fingerprint density at radius 3 is 2.38 bits per heavy atom. The van der Waals surface area contributed by atoms with Crippen LogP contribution in [0.2, 0.25) is 0 Å². The summed E-state index contributed by atoms with van der Waals surface area (Å²) < 4.78 is 39.7. The van der Waals surface area contributed by atoms with Crippen molar-refractivity contribution in [2.75, 3.05) is 0 Å². The number of rotatable bonds is 5. The van der Waals surface area contributed by atoms with Gasteiger partial charge in [0.15, 0.2) is 0 Å². The Hall–Kier alpha value is -2.05. The van der Waals surface area contributed by atoms with Crippen LogP contribution in [0.25, 0.3) is 0 Å². The molecule has 1 amide bonds. The molecule has 1 unspecified atom stereocenters.